The second kappa shape index (κ2) is 8.38. The predicted molar refractivity (Wildman–Crippen MR) is 79.2 cm³/mol. The largest absolute Gasteiger partial charge is 0.444 e. The Bertz CT molecular complexity index is 262. The van der Waals surface area contributed by atoms with Crippen LogP contribution in [0, 0.1) is 5.92 Å². The summed E-state index contributed by atoms with van der Waals surface area (Å²) in [7, 11) is 2.04. The summed E-state index contributed by atoms with van der Waals surface area (Å²) in [5, 5.41) is 2.78. The zero-order valence-corrected chi connectivity index (χ0v) is 13.3. The van der Waals surface area contributed by atoms with E-state index < -0.39 is 5.60 Å². The molecule has 0 saturated heterocycles. The first-order chi connectivity index (χ1) is 8.65. The van der Waals surface area contributed by atoms with E-state index in [9.17, 15) is 4.79 Å². The minimum atomic E-state index is -0.466. The van der Waals surface area contributed by atoms with Crippen LogP contribution in [0.5, 0.6) is 0 Å². The van der Waals surface area contributed by atoms with Crippen LogP contribution in [0.2, 0.25) is 0 Å². The Kier molecular flexibility index (Phi) is 8.02. The van der Waals surface area contributed by atoms with E-state index in [4.69, 9.17) is 10.5 Å². The first kappa shape index (κ1) is 18.2. The number of amides is 1. The van der Waals surface area contributed by atoms with Crippen LogP contribution in [0.15, 0.2) is 0 Å². The van der Waals surface area contributed by atoms with E-state index in [-0.39, 0.29) is 12.1 Å². The molecule has 0 bridgehead atoms. The van der Waals surface area contributed by atoms with Gasteiger partial charge in [0.05, 0.1) is 0 Å². The molecule has 0 aromatic heterocycles. The molecular weight excluding hydrogens is 242 g/mol. The van der Waals surface area contributed by atoms with Gasteiger partial charge in [0.25, 0.3) is 0 Å². The van der Waals surface area contributed by atoms with Gasteiger partial charge >= 0.3 is 6.09 Å². The van der Waals surface area contributed by atoms with Gasteiger partial charge in [-0.1, -0.05) is 13.8 Å². The molecule has 1 unspecified atom stereocenters. The van der Waals surface area contributed by atoms with Gasteiger partial charge in [-0.05, 0) is 46.7 Å². The smallest absolute Gasteiger partial charge is 0.407 e. The lowest BCUT2D eigenvalue weighted by Crippen LogP contribution is -2.47. The van der Waals surface area contributed by atoms with Crippen LogP contribution in [0.4, 0.5) is 4.79 Å². The molecule has 0 aliphatic heterocycles. The highest BCUT2D eigenvalue weighted by Crippen LogP contribution is 2.07. The molecule has 5 nitrogen and oxygen atoms in total. The fraction of sp³-hybridized carbons (Fsp3) is 0.929. The highest BCUT2D eigenvalue weighted by molar-refractivity contribution is 5.67. The van der Waals surface area contributed by atoms with Crippen molar-refractivity contribution >= 4 is 6.09 Å². The molecule has 0 aliphatic carbocycles. The molecule has 0 fully saturated rings. The molecule has 0 spiro atoms. The van der Waals surface area contributed by atoms with E-state index >= 15 is 0 Å². The fourth-order valence-corrected chi connectivity index (χ4v) is 1.58. The third-order valence-electron chi connectivity index (χ3n) is 2.84. The summed E-state index contributed by atoms with van der Waals surface area (Å²) >= 11 is 0. The van der Waals surface area contributed by atoms with Crippen LogP contribution >= 0.6 is 0 Å². The maximum absolute atomic E-state index is 11.6. The lowest BCUT2D eigenvalue weighted by molar-refractivity contribution is 0.0511. The monoisotopic (exact) mass is 273 g/mol. The Morgan fingerprint density at radius 1 is 1.37 bits per heavy atom. The highest BCUT2D eigenvalue weighted by Gasteiger charge is 2.18. The van der Waals surface area contributed by atoms with Gasteiger partial charge in [0, 0.05) is 19.1 Å². The van der Waals surface area contributed by atoms with Gasteiger partial charge in [-0.3, -0.25) is 0 Å². The average molecular weight is 273 g/mol. The van der Waals surface area contributed by atoms with E-state index in [0.717, 1.165) is 13.0 Å². The number of rotatable bonds is 7. The predicted octanol–water partition coefficient (Wildman–Crippen LogP) is 1.82. The molecule has 1 atom stereocenters. The van der Waals surface area contributed by atoms with Crippen LogP contribution in [0.25, 0.3) is 0 Å². The molecule has 5 heteroatoms. The molecule has 0 heterocycles. The zero-order chi connectivity index (χ0) is 15.1. The van der Waals surface area contributed by atoms with Crippen molar-refractivity contribution < 1.29 is 9.53 Å². The van der Waals surface area contributed by atoms with Crippen LogP contribution in [-0.4, -0.2) is 49.3 Å². The van der Waals surface area contributed by atoms with Crippen molar-refractivity contribution in [2.75, 3.05) is 26.7 Å². The maximum atomic E-state index is 11.6. The van der Waals surface area contributed by atoms with Crippen molar-refractivity contribution in [3.63, 3.8) is 0 Å². The Labute approximate surface area is 117 Å². The number of hydrogen-bond donors (Lipinski definition) is 2. The van der Waals surface area contributed by atoms with E-state index in [1.165, 1.54) is 0 Å². The Hall–Kier alpha value is -0.810. The highest BCUT2D eigenvalue weighted by atomic mass is 16.6. The lowest BCUT2D eigenvalue weighted by atomic mass is 10.1. The molecule has 19 heavy (non-hydrogen) atoms. The quantitative estimate of drug-likeness (QED) is 0.742. The fourth-order valence-electron chi connectivity index (χ4n) is 1.58. The summed E-state index contributed by atoms with van der Waals surface area (Å²) < 4.78 is 5.20. The molecule has 3 N–H and O–H groups in total. The molecule has 0 aromatic rings. The number of carbonyl (C=O) groups excluding carboxylic acids is 1. The number of hydrogen-bond acceptors (Lipinski definition) is 4. The molecule has 0 rings (SSSR count). The van der Waals surface area contributed by atoms with Crippen molar-refractivity contribution in [2.45, 2.75) is 52.7 Å². The van der Waals surface area contributed by atoms with Crippen molar-refractivity contribution in [3.8, 4) is 0 Å². The Morgan fingerprint density at radius 3 is 2.37 bits per heavy atom. The number of likely N-dealkylation sites (N-methyl/N-ethyl adjacent to an activating group) is 1. The molecule has 1 amide bonds. The second-order valence-corrected chi connectivity index (χ2v) is 6.44. The van der Waals surface area contributed by atoms with Gasteiger partial charge in [-0.2, -0.15) is 0 Å². The van der Waals surface area contributed by atoms with E-state index in [1.54, 1.807) is 0 Å². The van der Waals surface area contributed by atoms with Gasteiger partial charge < -0.3 is 20.7 Å². The summed E-state index contributed by atoms with van der Waals surface area (Å²) in [5.74, 6) is 0.666. The second-order valence-electron chi connectivity index (χ2n) is 6.44. The van der Waals surface area contributed by atoms with Crippen molar-refractivity contribution in [2.24, 2.45) is 11.7 Å². The van der Waals surface area contributed by atoms with E-state index in [0.29, 0.717) is 19.0 Å². The van der Waals surface area contributed by atoms with Gasteiger partial charge in [-0.15, -0.1) is 0 Å². The van der Waals surface area contributed by atoms with Gasteiger partial charge in [-0.25, -0.2) is 4.79 Å². The number of ether oxygens (including phenoxy) is 1. The minimum Gasteiger partial charge on any atom is -0.444 e. The molecule has 0 aliphatic rings. The third-order valence-corrected chi connectivity index (χ3v) is 2.84. The van der Waals surface area contributed by atoms with Gasteiger partial charge in [0.1, 0.15) is 5.60 Å². The number of carbonyl (C=O) groups is 1. The summed E-state index contributed by atoms with van der Waals surface area (Å²) in [5.41, 5.74) is 5.29. The average Bonchev–Trinajstić information content (AvgIpc) is 2.24. The van der Waals surface area contributed by atoms with Gasteiger partial charge in [0.2, 0.25) is 0 Å². The van der Waals surface area contributed by atoms with Crippen molar-refractivity contribution in [1.82, 2.24) is 10.2 Å². The molecule has 0 saturated carbocycles. The Morgan fingerprint density at radius 2 is 1.95 bits per heavy atom. The van der Waals surface area contributed by atoms with Crippen LogP contribution in [0.3, 0.4) is 0 Å². The lowest BCUT2D eigenvalue weighted by Gasteiger charge is -2.28. The molecule has 114 valence electrons. The normalized spacial score (nSPS) is 13.7. The molecule has 0 radical (unpaired) electrons. The van der Waals surface area contributed by atoms with Crippen LogP contribution < -0.4 is 11.1 Å². The first-order valence-corrected chi connectivity index (χ1v) is 7.03. The van der Waals surface area contributed by atoms with Crippen molar-refractivity contribution in [3.05, 3.63) is 0 Å². The van der Waals surface area contributed by atoms with Crippen molar-refractivity contribution in [1.29, 1.82) is 0 Å². The SMILES string of the molecule is CC(C)CCN(C)C(CN)CNC(=O)OC(C)(C)C. The topological polar surface area (TPSA) is 67.6 Å². The van der Waals surface area contributed by atoms with Crippen LogP contribution in [0.1, 0.15) is 41.0 Å². The van der Waals surface area contributed by atoms with Gasteiger partial charge in [0.15, 0.2) is 0 Å². The number of nitrogens with two attached hydrogens (primary N) is 1. The molecular formula is C14H31N3O2. The van der Waals surface area contributed by atoms with E-state index in [2.05, 4.69) is 24.1 Å². The Balaban J connectivity index is 4.08. The number of nitrogens with one attached hydrogen (secondary N) is 1. The summed E-state index contributed by atoms with van der Waals surface area (Å²) in [6.45, 7) is 12.0. The summed E-state index contributed by atoms with van der Waals surface area (Å²) in [6, 6.07) is 0.145. The molecule has 0 aromatic carbocycles. The third kappa shape index (κ3) is 9.73. The maximum Gasteiger partial charge on any atom is 0.407 e. The number of alkyl carbamates (subject to hydrolysis) is 1. The van der Waals surface area contributed by atoms with Crippen LogP contribution in [-0.2, 0) is 4.74 Å². The standard InChI is InChI=1S/C14H31N3O2/c1-11(2)7-8-17(6)12(9-15)10-16-13(18)19-14(3,4)5/h11-12H,7-10,15H2,1-6H3,(H,16,18). The first-order valence-electron chi connectivity index (χ1n) is 7.03. The minimum absolute atomic E-state index is 0.145. The van der Waals surface area contributed by atoms with E-state index in [1.807, 2.05) is 27.8 Å². The zero-order valence-electron chi connectivity index (χ0n) is 13.3. The number of nitrogens with zero attached hydrogens (tertiary/aromatic N) is 1. The summed E-state index contributed by atoms with van der Waals surface area (Å²) in [6.07, 6.45) is 0.739. The summed E-state index contributed by atoms with van der Waals surface area (Å²) in [4.78, 5) is 13.8.